The Morgan fingerprint density at radius 3 is 2.53 bits per heavy atom. The van der Waals surface area contributed by atoms with E-state index in [0.29, 0.717) is 12.1 Å². The second-order valence-corrected chi connectivity index (χ2v) is 6.48. The molecule has 0 aliphatic heterocycles. The van der Waals surface area contributed by atoms with Gasteiger partial charge in [0.15, 0.2) is 0 Å². The minimum atomic E-state index is -3.25. The number of hydrogen-bond donors (Lipinski definition) is 2. The summed E-state index contributed by atoms with van der Waals surface area (Å²) < 4.78 is 26.6. The van der Waals surface area contributed by atoms with Gasteiger partial charge in [0, 0.05) is 6.04 Å². The van der Waals surface area contributed by atoms with Gasteiger partial charge in [-0.2, -0.15) is 0 Å². The first-order valence-corrected chi connectivity index (χ1v) is 8.48. The highest BCUT2D eigenvalue weighted by atomic mass is 32.2. The highest BCUT2D eigenvalue weighted by Gasteiger charge is 2.14. The van der Waals surface area contributed by atoms with E-state index < -0.39 is 10.0 Å². The molecule has 2 N–H and O–H groups in total. The lowest BCUT2D eigenvalue weighted by Gasteiger charge is -2.18. The SMILES string of the molecule is CCCCS(=O)(=O)Nc1ccccc1C(C)NCC. The van der Waals surface area contributed by atoms with Crippen LogP contribution in [-0.2, 0) is 10.0 Å². The second kappa shape index (κ2) is 7.50. The molecule has 0 radical (unpaired) electrons. The number of unbranched alkanes of at least 4 members (excludes halogenated alkanes) is 1. The lowest BCUT2D eigenvalue weighted by atomic mass is 10.1. The molecule has 5 heteroatoms. The van der Waals surface area contributed by atoms with Crippen molar-refractivity contribution >= 4 is 15.7 Å². The number of nitrogens with one attached hydrogen (secondary N) is 2. The molecule has 1 rings (SSSR count). The van der Waals surface area contributed by atoms with Crippen LogP contribution in [0.1, 0.15) is 45.2 Å². The maximum absolute atomic E-state index is 12.0. The Bertz CT molecular complexity index is 486. The summed E-state index contributed by atoms with van der Waals surface area (Å²) in [5.41, 5.74) is 1.65. The van der Waals surface area contributed by atoms with Gasteiger partial charge in [0.25, 0.3) is 0 Å². The fourth-order valence-corrected chi connectivity index (χ4v) is 3.23. The molecule has 0 amide bonds. The molecule has 4 nitrogen and oxygen atoms in total. The minimum absolute atomic E-state index is 0.120. The first-order chi connectivity index (χ1) is 9.00. The van der Waals surface area contributed by atoms with Gasteiger partial charge in [-0.3, -0.25) is 4.72 Å². The topological polar surface area (TPSA) is 58.2 Å². The molecule has 0 aliphatic carbocycles. The van der Waals surface area contributed by atoms with E-state index in [4.69, 9.17) is 0 Å². The van der Waals surface area contributed by atoms with Gasteiger partial charge in [-0.1, -0.05) is 38.5 Å². The van der Waals surface area contributed by atoms with E-state index in [2.05, 4.69) is 10.0 Å². The molecular formula is C14H24N2O2S. The predicted octanol–water partition coefficient (Wildman–Crippen LogP) is 2.90. The lowest BCUT2D eigenvalue weighted by Crippen LogP contribution is -2.22. The van der Waals surface area contributed by atoms with E-state index in [1.165, 1.54) is 0 Å². The van der Waals surface area contributed by atoms with E-state index in [1.807, 2.05) is 45.0 Å². The van der Waals surface area contributed by atoms with E-state index in [9.17, 15) is 8.42 Å². The first-order valence-electron chi connectivity index (χ1n) is 6.83. The van der Waals surface area contributed by atoms with E-state index in [-0.39, 0.29) is 11.8 Å². The molecule has 0 bridgehead atoms. The summed E-state index contributed by atoms with van der Waals surface area (Å²) in [4.78, 5) is 0. The lowest BCUT2D eigenvalue weighted by molar-refractivity contribution is 0.594. The van der Waals surface area contributed by atoms with E-state index in [0.717, 1.165) is 18.5 Å². The molecule has 1 unspecified atom stereocenters. The summed E-state index contributed by atoms with van der Waals surface area (Å²) in [5, 5.41) is 3.30. The molecule has 0 aromatic heterocycles. The largest absolute Gasteiger partial charge is 0.310 e. The van der Waals surface area contributed by atoms with E-state index >= 15 is 0 Å². The number of rotatable bonds is 8. The number of para-hydroxylation sites is 1. The fourth-order valence-electron chi connectivity index (χ4n) is 1.94. The van der Waals surface area contributed by atoms with Gasteiger partial charge in [0.2, 0.25) is 10.0 Å². The average molecular weight is 284 g/mol. The normalized spacial score (nSPS) is 13.2. The summed E-state index contributed by atoms with van der Waals surface area (Å²) in [6, 6.07) is 7.65. The third-order valence-corrected chi connectivity index (χ3v) is 4.33. The zero-order chi connectivity index (χ0) is 14.3. The van der Waals surface area contributed by atoms with Crippen LogP contribution in [0.3, 0.4) is 0 Å². The maximum Gasteiger partial charge on any atom is 0.232 e. The van der Waals surface area contributed by atoms with Crippen molar-refractivity contribution in [3.05, 3.63) is 29.8 Å². The first kappa shape index (κ1) is 16.0. The highest BCUT2D eigenvalue weighted by molar-refractivity contribution is 7.92. The molecule has 1 atom stereocenters. The number of hydrogen-bond acceptors (Lipinski definition) is 3. The van der Waals surface area contributed by atoms with Crippen LogP contribution in [0.2, 0.25) is 0 Å². The van der Waals surface area contributed by atoms with Crippen molar-refractivity contribution in [1.29, 1.82) is 0 Å². The van der Waals surface area contributed by atoms with Crippen molar-refractivity contribution in [3.8, 4) is 0 Å². The van der Waals surface area contributed by atoms with Gasteiger partial charge in [-0.25, -0.2) is 8.42 Å². The second-order valence-electron chi connectivity index (χ2n) is 4.64. The van der Waals surface area contributed by atoms with Crippen molar-refractivity contribution in [2.24, 2.45) is 0 Å². The Morgan fingerprint density at radius 2 is 1.89 bits per heavy atom. The summed E-state index contributed by atoms with van der Waals surface area (Å²) >= 11 is 0. The van der Waals surface area contributed by atoms with Crippen LogP contribution in [0.25, 0.3) is 0 Å². The standard InChI is InChI=1S/C14H24N2O2S/c1-4-6-11-19(17,18)16-14-10-8-7-9-13(14)12(3)15-5-2/h7-10,12,15-16H,4-6,11H2,1-3H3. The molecule has 0 heterocycles. The van der Waals surface area contributed by atoms with Crippen LogP contribution in [-0.4, -0.2) is 20.7 Å². The molecular weight excluding hydrogens is 260 g/mol. The number of sulfonamides is 1. The zero-order valence-corrected chi connectivity index (χ0v) is 12.8. The molecule has 1 aromatic carbocycles. The van der Waals surface area contributed by atoms with Gasteiger partial charge in [-0.15, -0.1) is 0 Å². The van der Waals surface area contributed by atoms with Crippen LogP contribution in [0.5, 0.6) is 0 Å². The Hall–Kier alpha value is -1.07. The van der Waals surface area contributed by atoms with Gasteiger partial charge in [0.1, 0.15) is 0 Å². The van der Waals surface area contributed by atoms with Crippen LogP contribution in [0, 0.1) is 0 Å². The van der Waals surface area contributed by atoms with Gasteiger partial charge >= 0.3 is 0 Å². The molecule has 19 heavy (non-hydrogen) atoms. The van der Waals surface area contributed by atoms with Crippen molar-refractivity contribution < 1.29 is 8.42 Å². The molecule has 0 spiro atoms. The number of anilines is 1. The highest BCUT2D eigenvalue weighted by Crippen LogP contribution is 2.23. The molecule has 108 valence electrons. The monoisotopic (exact) mass is 284 g/mol. The maximum atomic E-state index is 12.0. The Balaban J connectivity index is 2.89. The smallest absolute Gasteiger partial charge is 0.232 e. The third kappa shape index (κ3) is 5.20. The van der Waals surface area contributed by atoms with Crippen molar-refractivity contribution in [1.82, 2.24) is 5.32 Å². The summed E-state index contributed by atoms with van der Waals surface area (Å²) in [5.74, 6) is 0.174. The Labute approximate surface area is 116 Å². The Kier molecular flexibility index (Phi) is 6.31. The summed E-state index contributed by atoms with van der Waals surface area (Å²) in [6.45, 7) is 6.89. The third-order valence-electron chi connectivity index (χ3n) is 2.97. The van der Waals surface area contributed by atoms with Gasteiger partial charge in [-0.05, 0) is 31.5 Å². The van der Waals surface area contributed by atoms with E-state index in [1.54, 1.807) is 0 Å². The molecule has 0 saturated carbocycles. The van der Waals surface area contributed by atoms with Gasteiger partial charge < -0.3 is 5.32 Å². The zero-order valence-electron chi connectivity index (χ0n) is 11.9. The molecule has 0 saturated heterocycles. The molecule has 0 fully saturated rings. The van der Waals surface area contributed by atoms with Crippen molar-refractivity contribution in [3.63, 3.8) is 0 Å². The van der Waals surface area contributed by atoms with Crippen LogP contribution < -0.4 is 10.0 Å². The molecule has 1 aromatic rings. The fraction of sp³-hybridized carbons (Fsp3) is 0.571. The van der Waals surface area contributed by atoms with Gasteiger partial charge in [0.05, 0.1) is 11.4 Å². The van der Waals surface area contributed by atoms with Crippen LogP contribution in [0.4, 0.5) is 5.69 Å². The quantitative estimate of drug-likeness (QED) is 0.771. The van der Waals surface area contributed by atoms with Crippen molar-refractivity contribution in [2.75, 3.05) is 17.0 Å². The predicted molar refractivity (Wildman–Crippen MR) is 80.9 cm³/mol. The Morgan fingerprint density at radius 1 is 1.21 bits per heavy atom. The van der Waals surface area contributed by atoms with Crippen LogP contribution >= 0.6 is 0 Å². The minimum Gasteiger partial charge on any atom is -0.310 e. The molecule has 0 aliphatic rings. The van der Waals surface area contributed by atoms with Crippen molar-refractivity contribution in [2.45, 2.75) is 39.7 Å². The number of benzene rings is 1. The average Bonchev–Trinajstić information content (AvgIpc) is 2.37. The summed E-state index contributed by atoms with van der Waals surface area (Å²) in [6.07, 6.45) is 1.55. The summed E-state index contributed by atoms with van der Waals surface area (Å²) in [7, 11) is -3.25. The van der Waals surface area contributed by atoms with Crippen LogP contribution in [0.15, 0.2) is 24.3 Å².